The third kappa shape index (κ3) is 7.82. The Morgan fingerprint density at radius 3 is 2.53 bits per heavy atom. The molecular weight excluding hydrogens is 212 g/mol. The van der Waals surface area contributed by atoms with E-state index in [1.165, 1.54) is 0 Å². The van der Waals surface area contributed by atoms with Crippen LogP contribution in [0.15, 0.2) is 0 Å². The van der Waals surface area contributed by atoms with Crippen LogP contribution in [-0.4, -0.2) is 18.5 Å². The lowest BCUT2D eigenvalue weighted by Crippen LogP contribution is -2.35. The van der Waals surface area contributed by atoms with E-state index in [0.717, 1.165) is 19.3 Å². The van der Waals surface area contributed by atoms with Crippen molar-refractivity contribution in [3.05, 3.63) is 0 Å². The quantitative estimate of drug-likeness (QED) is 0.635. The van der Waals surface area contributed by atoms with E-state index in [0.29, 0.717) is 18.9 Å². The van der Waals surface area contributed by atoms with Crippen LogP contribution in [0.3, 0.4) is 0 Å². The highest BCUT2D eigenvalue weighted by atomic mass is 16.1. The van der Waals surface area contributed by atoms with Gasteiger partial charge in [-0.2, -0.15) is 0 Å². The second-order valence-electron chi connectivity index (χ2n) is 5.01. The van der Waals surface area contributed by atoms with Gasteiger partial charge in [-0.05, 0) is 31.2 Å². The topological polar surface area (TPSA) is 55.1 Å². The van der Waals surface area contributed by atoms with Gasteiger partial charge in [0.25, 0.3) is 0 Å². The first-order valence-corrected chi connectivity index (χ1v) is 6.49. The largest absolute Gasteiger partial charge is 0.342 e. The zero-order valence-corrected chi connectivity index (χ0v) is 11.3. The number of nitrogens with one attached hydrogen (secondary N) is 1. The summed E-state index contributed by atoms with van der Waals surface area (Å²) in [5, 5.41) is 2.88. The highest BCUT2D eigenvalue weighted by Crippen LogP contribution is 2.14. The molecule has 0 bridgehead atoms. The van der Waals surface area contributed by atoms with E-state index in [9.17, 15) is 4.79 Å². The van der Waals surface area contributed by atoms with Gasteiger partial charge in [0.15, 0.2) is 0 Å². The van der Waals surface area contributed by atoms with Crippen molar-refractivity contribution in [3.8, 4) is 12.3 Å². The molecule has 98 valence electrons. The minimum Gasteiger partial charge on any atom is -0.342 e. The summed E-state index contributed by atoms with van der Waals surface area (Å²) in [6.07, 6.45) is 8.64. The molecule has 0 aliphatic heterocycles. The standard InChI is InChI=1S/C14H26N2O/c1-5-7-13(6-2)16-14(17)9-12(10-15)8-11(3)4/h2,11-13H,5,7-10,15H2,1,3-4H3,(H,16,17). The van der Waals surface area contributed by atoms with Gasteiger partial charge in [-0.3, -0.25) is 4.79 Å². The van der Waals surface area contributed by atoms with E-state index in [1.54, 1.807) is 0 Å². The average molecular weight is 238 g/mol. The van der Waals surface area contributed by atoms with Crippen LogP contribution in [0.5, 0.6) is 0 Å². The molecule has 0 saturated heterocycles. The number of rotatable bonds is 8. The van der Waals surface area contributed by atoms with Gasteiger partial charge in [-0.1, -0.05) is 33.1 Å². The molecule has 0 radical (unpaired) electrons. The minimum absolute atomic E-state index is 0.0255. The summed E-state index contributed by atoms with van der Waals surface area (Å²) in [4.78, 5) is 11.8. The van der Waals surface area contributed by atoms with Crippen molar-refractivity contribution < 1.29 is 4.79 Å². The van der Waals surface area contributed by atoms with Crippen LogP contribution in [0.4, 0.5) is 0 Å². The summed E-state index contributed by atoms with van der Waals surface area (Å²) >= 11 is 0. The fourth-order valence-corrected chi connectivity index (χ4v) is 1.93. The first kappa shape index (κ1) is 16.0. The van der Waals surface area contributed by atoms with E-state index in [-0.39, 0.29) is 17.9 Å². The number of hydrogen-bond donors (Lipinski definition) is 2. The predicted octanol–water partition coefficient (Wildman–Crippen LogP) is 1.92. The summed E-state index contributed by atoms with van der Waals surface area (Å²) in [6.45, 7) is 6.89. The lowest BCUT2D eigenvalue weighted by Gasteiger charge is -2.18. The Hall–Kier alpha value is -1.01. The zero-order chi connectivity index (χ0) is 13.3. The molecule has 0 aromatic carbocycles. The SMILES string of the molecule is C#CC(CCC)NC(=O)CC(CN)CC(C)C. The Morgan fingerprint density at radius 1 is 1.47 bits per heavy atom. The molecule has 0 aromatic heterocycles. The molecule has 1 amide bonds. The van der Waals surface area contributed by atoms with Gasteiger partial charge in [-0.15, -0.1) is 6.42 Å². The molecule has 17 heavy (non-hydrogen) atoms. The molecule has 0 aromatic rings. The molecule has 2 unspecified atom stereocenters. The number of terminal acetylenes is 1. The Balaban J connectivity index is 4.09. The van der Waals surface area contributed by atoms with Crippen LogP contribution < -0.4 is 11.1 Å². The van der Waals surface area contributed by atoms with E-state index in [2.05, 4.69) is 32.0 Å². The third-order valence-electron chi connectivity index (χ3n) is 2.73. The Bertz CT molecular complexity index is 255. The number of amides is 1. The number of carbonyl (C=O) groups is 1. The van der Waals surface area contributed by atoms with Crippen molar-refractivity contribution in [1.82, 2.24) is 5.32 Å². The zero-order valence-electron chi connectivity index (χ0n) is 11.3. The van der Waals surface area contributed by atoms with Crippen LogP contribution in [0, 0.1) is 24.2 Å². The molecule has 0 spiro atoms. The number of carbonyl (C=O) groups excluding carboxylic acids is 1. The highest BCUT2D eigenvalue weighted by molar-refractivity contribution is 5.76. The minimum atomic E-state index is -0.134. The first-order valence-electron chi connectivity index (χ1n) is 6.49. The molecular formula is C14H26N2O. The van der Waals surface area contributed by atoms with Gasteiger partial charge in [0.1, 0.15) is 0 Å². The summed E-state index contributed by atoms with van der Waals surface area (Å²) < 4.78 is 0. The fourth-order valence-electron chi connectivity index (χ4n) is 1.93. The van der Waals surface area contributed by atoms with Crippen molar-refractivity contribution in [2.24, 2.45) is 17.6 Å². The van der Waals surface area contributed by atoms with Crippen LogP contribution in [0.2, 0.25) is 0 Å². The summed E-state index contributed by atoms with van der Waals surface area (Å²) in [5.74, 6) is 3.45. The molecule has 0 aliphatic carbocycles. The lowest BCUT2D eigenvalue weighted by molar-refractivity contribution is -0.122. The summed E-state index contributed by atoms with van der Waals surface area (Å²) in [7, 11) is 0. The van der Waals surface area contributed by atoms with Gasteiger partial charge >= 0.3 is 0 Å². The molecule has 3 N–H and O–H groups in total. The van der Waals surface area contributed by atoms with E-state index in [4.69, 9.17) is 12.2 Å². The maximum Gasteiger partial charge on any atom is 0.221 e. The monoisotopic (exact) mass is 238 g/mol. The van der Waals surface area contributed by atoms with Gasteiger partial charge in [-0.25, -0.2) is 0 Å². The summed E-state index contributed by atoms with van der Waals surface area (Å²) in [5.41, 5.74) is 5.67. The molecule has 0 fully saturated rings. The number of nitrogens with two attached hydrogens (primary N) is 1. The van der Waals surface area contributed by atoms with Gasteiger partial charge in [0, 0.05) is 6.42 Å². The van der Waals surface area contributed by atoms with Gasteiger partial charge in [0.2, 0.25) is 5.91 Å². The van der Waals surface area contributed by atoms with E-state index in [1.807, 2.05) is 0 Å². The molecule has 2 atom stereocenters. The summed E-state index contributed by atoms with van der Waals surface area (Å²) in [6, 6.07) is -0.134. The van der Waals surface area contributed by atoms with Crippen molar-refractivity contribution in [2.45, 2.75) is 52.5 Å². The predicted molar refractivity (Wildman–Crippen MR) is 72.3 cm³/mol. The van der Waals surface area contributed by atoms with Gasteiger partial charge in [0.05, 0.1) is 6.04 Å². The molecule has 0 heterocycles. The maximum atomic E-state index is 11.8. The van der Waals surface area contributed by atoms with Crippen molar-refractivity contribution >= 4 is 5.91 Å². The molecule has 0 rings (SSSR count). The van der Waals surface area contributed by atoms with Gasteiger partial charge < -0.3 is 11.1 Å². The lowest BCUT2D eigenvalue weighted by atomic mass is 9.94. The van der Waals surface area contributed by atoms with Crippen molar-refractivity contribution in [2.75, 3.05) is 6.54 Å². The smallest absolute Gasteiger partial charge is 0.221 e. The van der Waals surface area contributed by atoms with Crippen molar-refractivity contribution in [1.29, 1.82) is 0 Å². The number of hydrogen-bond acceptors (Lipinski definition) is 2. The Labute approximate surface area is 106 Å². The average Bonchev–Trinajstić information content (AvgIpc) is 2.26. The second kappa shape index (κ2) is 9.07. The third-order valence-corrected chi connectivity index (χ3v) is 2.73. The van der Waals surface area contributed by atoms with Crippen LogP contribution >= 0.6 is 0 Å². The fraction of sp³-hybridized carbons (Fsp3) is 0.786. The highest BCUT2D eigenvalue weighted by Gasteiger charge is 2.15. The Morgan fingerprint density at radius 2 is 2.12 bits per heavy atom. The van der Waals surface area contributed by atoms with Crippen LogP contribution in [0.1, 0.15) is 46.5 Å². The second-order valence-corrected chi connectivity index (χ2v) is 5.01. The molecule has 3 heteroatoms. The maximum absolute atomic E-state index is 11.8. The molecule has 0 saturated carbocycles. The molecule has 0 aliphatic rings. The van der Waals surface area contributed by atoms with Crippen LogP contribution in [0.25, 0.3) is 0 Å². The normalized spacial score (nSPS) is 14.1. The van der Waals surface area contributed by atoms with E-state index < -0.39 is 0 Å². The van der Waals surface area contributed by atoms with Crippen molar-refractivity contribution in [3.63, 3.8) is 0 Å². The molecule has 3 nitrogen and oxygen atoms in total. The van der Waals surface area contributed by atoms with E-state index >= 15 is 0 Å². The Kier molecular flexibility index (Phi) is 8.53. The first-order chi connectivity index (χ1) is 8.03. The van der Waals surface area contributed by atoms with Crippen LogP contribution in [-0.2, 0) is 4.79 Å².